The smallest absolute Gasteiger partial charge is 0.266 e. The lowest BCUT2D eigenvalue weighted by atomic mass is 10.2. The quantitative estimate of drug-likeness (QED) is 0.433. The van der Waals surface area contributed by atoms with Crippen LogP contribution in [0.3, 0.4) is 0 Å². The molecule has 5 nitrogen and oxygen atoms in total. The van der Waals surface area contributed by atoms with Gasteiger partial charge in [0.05, 0.1) is 12.0 Å². The lowest BCUT2D eigenvalue weighted by molar-refractivity contribution is -0.122. The molecule has 2 aromatic carbocycles. The van der Waals surface area contributed by atoms with Crippen molar-refractivity contribution in [1.29, 1.82) is 0 Å². The molecule has 0 bridgehead atoms. The molecule has 2 amide bonds. The molecular weight excluding hydrogens is 472 g/mol. The zero-order chi connectivity index (χ0) is 20.8. The number of thiocarbonyl (C=S) groups is 1. The van der Waals surface area contributed by atoms with E-state index >= 15 is 0 Å². The van der Waals surface area contributed by atoms with E-state index in [1.54, 1.807) is 24.1 Å². The number of methoxy groups -OCH3 is 1. The van der Waals surface area contributed by atoms with Crippen LogP contribution in [0.15, 0.2) is 57.9 Å². The number of ether oxygens (including phenoxy) is 1. The molecule has 0 unspecified atom stereocenters. The molecule has 2 aromatic rings. The van der Waals surface area contributed by atoms with E-state index in [0.717, 1.165) is 10.0 Å². The van der Waals surface area contributed by atoms with Gasteiger partial charge in [-0.15, -0.1) is 0 Å². The highest BCUT2D eigenvalue weighted by Crippen LogP contribution is 2.33. The van der Waals surface area contributed by atoms with Crippen LogP contribution < -0.4 is 10.1 Å². The van der Waals surface area contributed by atoms with Gasteiger partial charge in [-0.2, -0.15) is 0 Å². The standard InChI is InChI=1S/C21H19BrN2O3S2/c1-27-17-5-2-4-16(13-17)23-19(25)6-3-11-24-20(26)18(29-21(24)28)12-14-7-9-15(22)10-8-14/h2,4-5,7-10,12-13H,3,6,11H2,1H3,(H,23,25)/b18-12-. The molecule has 1 N–H and O–H groups in total. The normalized spacial score (nSPS) is 15.1. The maximum absolute atomic E-state index is 12.7. The zero-order valence-corrected chi connectivity index (χ0v) is 18.9. The summed E-state index contributed by atoms with van der Waals surface area (Å²) in [5, 5.41) is 2.83. The Labute approximate surface area is 187 Å². The van der Waals surface area contributed by atoms with Crippen molar-refractivity contribution in [2.75, 3.05) is 19.0 Å². The molecule has 0 spiro atoms. The monoisotopic (exact) mass is 490 g/mol. The summed E-state index contributed by atoms with van der Waals surface area (Å²) in [6.07, 6.45) is 2.65. The van der Waals surface area contributed by atoms with Crippen LogP contribution in [0.4, 0.5) is 5.69 Å². The van der Waals surface area contributed by atoms with Crippen LogP contribution in [0.1, 0.15) is 18.4 Å². The summed E-state index contributed by atoms with van der Waals surface area (Å²) < 4.78 is 6.65. The molecule has 8 heteroatoms. The minimum Gasteiger partial charge on any atom is -0.497 e. The molecule has 0 aromatic heterocycles. The number of hydrogen-bond acceptors (Lipinski definition) is 5. The fourth-order valence-electron chi connectivity index (χ4n) is 2.73. The molecule has 0 aliphatic carbocycles. The first-order valence-corrected chi connectivity index (χ1v) is 10.9. The average Bonchev–Trinajstić information content (AvgIpc) is 2.97. The Bertz CT molecular complexity index is 961. The van der Waals surface area contributed by atoms with E-state index in [-0.39, 0.29) is 11.8 Å². The Hall–Kier alpha value is -2.16. The van der Waals surface area contributed by atoms with Crippen LogP contribution in [0, 0.1) is 0 Å². The van der Waals surface area contributed by atoms with Gasteiger partial charge in [0.25, 0.3) is 5.91 Å². The lowest BCUT2D eigenvalue weighted by Gasteiger charge is -2.14. The number of anilines is 1. The summed E-state index contributed by atoms with van der Waals surface area (Å²) in [5.74, 6) is 0.447. The molecule has 1 saturated heterocycles. The van der Waals surface area contributed by atoms with Crippen molar-refractivity contribution >= 4 is 67.8 Å². The van der Waals surface area contributed by atoms with Gasteiger partial charge in [-0.05, 0) is 42.3 Å². The van der Waals surface area contributed by atoms with Gasteiger partial charge < -0.3 is 10.1 Å². The molecule has 3 rings (SSSR count). The Morgan fingerprint density at radius 2 is 2.03 bits per heavy atom. The number of hydrogen-bond donors (Lipinski definition) is 1. The van der Waals surface area contributed by atoms with Crippen molar-refractivity contribution in [1.82, 2.24) is 4.90 Å². The van der Waals surface area contributed by atoms with Crippen LogP contribution in [-0.4, -0.2) is 34.7 Å². The Morgan fingerprint density at radius 3 is 2.76 bits per heavy atom. The third-order valence-electron chi connectivity index (χ3n) is 4.18. The van der Waals surface area contributed by atoms with Crippen molar-refractivity contribution in [2.45, 2.75) is 12.8 Å². The van der Waals surface area contributed by atoms with E-state index in [1.807, 2.05) is 42.5 Å². The number of benzene rings is 2. The molecule has 0 saturated carbocycles. The largest absolute Gasteiger partial charge is 0.497 e. The fourth-order valence-corrected chi connectivity index (χ4v) is 4.30. The second-order valence-corrected chi connectivity index (χ2v) is 8.86. The van der Waals surface area contributed by atoms with Gasteiger partial charge in [0.15, 0.2) is 0 Å². The van der Waals surface area contributed by atoms with Gasteiger partial charge in [0.1, 0.15) is 10.1 Å². The van der Waals surface area contributed by atoms with Gasteiger partial charge in [-0.3, -0.25) is 14.5 Å². The SMILES string of the molecule is COc1cccc(NC(=O)CCCN2C(=O)/C(=C/c3ccc(Br)cc3)SC2=S)c1. The summed E-state index contributed by atoms with van der Waals surface area (Å²) in [4.78, 5) is 27.0. The number of amides is 2. The third-order valence-corrected chi connectivity index (χ3v) is 6.09. The summed E-state index contributed by atoms with van der Waals surface area (Å²) in [6, 6.07) is 14.9. The Kier molecular flexibility index (Phi) is 7.46. The minimum atomic E-state index is -0.117. The topological polar surface area (TPSA) is 58.6 Å². The molecule has 0 radical (unpaired) electrons. The summed E-state index contributed by atoms with van der Waals surface area (Å²) in [7, 11) is 1.58. The predicted molar refractivity (Wildman–Crippen MR) is 125 cm³/mol. The van der Waals surface area contributed by atoms with E-state index < -0.39 is 0 Å². The van der Waals surface area contributed by atoms with Crippen molar-refractivity contribution in [2.24, 2.45) is 0 Å². The summed E-state index contributed by atoms with van der Waals surface area (Å²) in [5.41, 5.74) is 1.61. The summed E-state index contributed by atoms with van der Waals surface area (Å²) in [6.45, 7) is 0.411. The van der Waals surface area contributed by atoms with E-state index in [0.29, 0.717) is 40.0 Å². The second-order valence-electron chi connectivity index (χ2n) is 6.27. The van der Waals surface area contributed by atoms with Crippen LogP contribution in [0.5, 0.6) is 5.75 Å². The highest BCUT2D eigenvalue weighted by atomic mass is 79.9. The van der Waals surface area contributed by atoms with Crippen molar-refractivity contribution in [3.05, 3.63) is 63.5 Å². The number of rotatable bonds is 7. The molecule has 1 aliphatic heterocycles. The maximum Gasteiger partial charge on any atom is 0.266 e. The molecule has 150 valence electrons. The number of thioether (sulfide) groups is 1. The number of nitrogens with one attached hydrogen (secondary N) is 1. The fraction of sp³-hybridized carbons (Fsp3) is 0.190. The predicted octanol–water partition coefficient (Wildman–Crippen LogP) is 5.08. The van der Waals surface area contributed by atoms with Gasteiger partial charge in [0.2, 0.25) is 5.91 Å². The van der Waals surface area contributed by atoms with Crippen molar-refractivity contribution < 1.29 is 14.3 Å². The second kappa shape index (κ2) is 10.0. The number of carbonyl (C=O) groups excluding carboxylic acids is 2. The van der Waals surface area contributed by atoms with E-state index in [4.69, 9.17) is 17.0 Å². The highest BCUT2D eigenvalue weighted by molar-refractivity contribution is 9.10. The van der Waals surface area contributed by atoms with Crippen molar-refractivity contribution in [3.8, 4) is 5.75 Å². The molecule has 29 heavy (non-hydrogen) atoms. The Morgan fingerprint density at radius 1 is 1.28 bits per heavy atom. The molecular formula is C21H19BrN2O3S2. The first-order chi connectivity index (χ1) is 14.0. The zero-order valence-electron chi connectivity index (χ0n) is 15.7. The van der Waals surface area contributed by atoms with Gasteiger partial charge in [0, 0.05) is 29.2 Å². The highest BCUT2D eigenvalue weighted by Gasteiger charge is 2.31. The lowest BCUT2D eigenvalue weighted by Crippen LogP contribution is -2.29. The van der Waals surface area contributed by atoms with Gasteiger partial charge >= 0.3 is 0 Å². The molecule has 0 atom stereocenters. The summed E-state index contributed by atoms with van der Waals surface area (Å²) >= 11 is 10.0. The average molecular weight is 491 g/mol. The van der Waals surface area contributed by atoms with Crippen LogP contribution in [0.25, 0.3) is 6.08 Å². The molecule has 1 heterocycles. The van der Waals surface area contributed by atoms with Gasteiger partial charge in [-0.1, -0.05) is 58.1 Å². The van der Waals surface area contributed by atoms with E-state index in [2.05, 4.69) is 21.2 Å². The van der Waals surface area contributed by atoms with E-state index in [9.17, 15) is 9.59 Å². The van der Waals surface area contributed by atoms with Crippen molar-refractivity contribution in [3.63, 3.8) is 0 Å². The van der Waals surface area contributed by atoms with Crippen LogP contribution in [-0.2, 0) is 9.59 Å². The van der Waals surface area contributed by atoms with E-state index in [1.165, 1.54) is 11.8 Å². The first-order valence-electron chi connectivity index (χ1n) is 8.91. The maximum atomic E-state index is 12.7. The first kappa shape index (κ1) is 21.5. The number of carbonyl (C=O) groups is 2. The number of nitrogens with zero attached hydrogens (tertiary/aromatic N) is 1. The third kappa shape index (κ3) is 5.91. The van der Waals surface area contributed by atoms with Crippen LogP contribution >= 0.6 is 39.9 Å². The molecule has 1 aliphatic rings. The van der Waals surface area contributed by atoms with Crippen LogP contribution in [0.2, 0.25) is 0 Å². The number of halogens is 1. The van der Waals surface area contributed by atoms with Gasteiger partial charge in [-0.25, -0.2) is 0 Å². The molecule has 1 fully saturated rings. The Balaban J connectivity index is 1.52. The minimum absolute atomic E-state index is 0.115.